The third kappa shape index (κ3) is 3.25. The maximum Gasteiger partial charge on any atom is 0.255 e. The Balaban J connectivity index is 2.25. The van der Waals surface area contributed by atoms with Crippen LogP contribution in [0, 0.1) is 6.92 Å². The van der Waals surface area contributed by atoms with Gasteiger partial charge in [0.1, 0.15) is 11.5 Å². The molecule has 1 amide bonds. The van der Waals surface area contributed by atoms with E-state index in [-0.39, 0.29) is 5.91 Å². The van der Waals surface area contributed by atoms with Crippen LogP contribution in [0.5, 0.6) is 11.5 Å². The number of benzene rings is 2. The molecule has 2 aromatic carbocycles. The van der Waals surface area contributed by atoms with Crippen LogP contribution in [0.15, 0.2) is 36.4 Å². The number of methoxy groups -OCH3 is 2. The van der Waals surface area contributed by atoms with Gasteiger partial charge in [-0.1, -0.05) is 6.07 Å². The summed E-state index contributed by atoms with van der Waals surface area (Å²) in [6.45, 7) is 1.92. The number of amides is 1. The third-order valence-electron chi connectivity index (χ3n) is 3.18. The molecular weight excluding hydrogens is 268 g/mol. The Morgan fingerprint density at radius 2 is 1.86 bits per heavy atom. The van der Waals surface area contributed by atoms with Crippen molar-refractivity contribution in [3.63, 3.8) is 0 Å². The van der Waals surface area contributed by atoms with E-state index >= 15 is 0 Å². The number of nitrogen functional groups attached to an aromatic ring is 1. The molecule has 3 N–H and O–H groups in total. The van der Waals surface area contributed by atoms with Crippen LogP contribution in [0.4, 0.5) is 11.4 Å². The zero-order chi connectivity index (χ0) is 15.4. The Kier molecular flexibility index (Phi) is 4.33. The van der Waals surface area contributed by atoms with E-state index < -0.39 is 0 Å². The number of nitrogens with one attached hydrogen (secondary N) is 1. The first kappa shape index (κ1) is 14.7. The number of hydrogen-bond donors (Lipinski definition) is 2. The lowest BCUT2D eigenvalue weighted by Crippen LogP contribution is -2.13. The van der Waals surface area contributed by atoms with Gasteiger partial charge in [0, 0.05) is 11.6 Å². The second-order valence-electron chi connectivity index (χ2n) is 4.59. The van der Waals surface area contributed by atoms with Crippen molar-refractivity contribution in [1.29, 1.82) is 0 Å². The van der Waals surface area contributed by atoms with Gasteiger partial charge in [-0.25, -0.2) is 0 Å². The lowest BCUT2D eigenvalue weighted by atomic mass is 10.1. The molecule has 0 spiro atoms. The Labute approximate surface area is 123 Å². The lowest BCUT2D eigenvalue weighted by molar-refractivity contribution is 0.102. The molecule has 0 aliphatic rings. The van der Waals surface area contributed by atoms with E-state index in [0.29, 0.717) is 28.4 Å². The minimum Gasteiger partial charge on any atom is -0.497 e. The third-order valence-corrected chi connectivity index (χ3v) is 3.18. The molecule has 2 aromatic rings. The quantitative estimate of drug-likeness (QED) is 0.848. The van der Waals surface area contributed by atoms with E-state index in [2.05, 4.69) is 5.32 Å². The fourth-order valence-electron chi connectivity index (χ4n) is 1.93. The SMILES string of the molecule is COc1ccc(N)c(NC(=O)c2ccc(C)c(OC)c2)c1. The highest BCUT2D eigenvalue weighted by Gasteiger charge is 2.11. The highest BCUT2D eigenvalue weighted by molar-refractivity contribution is 6.06. The summed E-state index contributed by atoms with van der Waals surface area (Å²) in [7, 11) is 3.13. The van der Waals surface area contributed by atoms with Gasteiger partial charge in [0.15, 0.2) is 0 Å². The highest BCUT2D eigenvalue weighted by Crippen LogP contribution is 2.25. The number of ether oxygens (including phenoxy) is 2. The predicted molar refractivity (Wildman–Crippen MR) is 83.1 cm³/mol. The molecule has 0 unspecified atom stereocenters. The average molecular weight is 286 g/mol. The van der Waals surface area contributed by atoms with E-state index in [4.69, 9.17) is 15.2 Å². The van der Waals surface area contributed by atoms with Crippen LogP contribution < -0.4 is 20.5 Å². The van der Waals surface area contributed by atoms with Crippen LogP contribution in [-0.2, 0) is 0 Å². The summed E-state index contributed by atoms with van der Waals surface area (Å²) in [4.78, 5) is 12.3. The van der Waals surface area contributed by atoms with E-state index in [9.17, 15) is 4.79 Å². The first-order valence-electron chi connectivity index (χ1n) is 6.44. The van der Waals surface area contributed by atoms with Gasteiger partial charge in [0.2, 0.25) is 0 Å². The zero-order valence-electron chi connectivity index (χ0n) is 12.3. The van der Waals surface area contributed by atoms with Crippen LogP contribution >= 0.6 is 0 Å². The summed E-state index contributed by atoms with van der Waals surface area (Å²) in [5, 5.41) is 2.77. The molecule has 0 heterocycles. The van der Waals surface area contributed by atoms with E-state index in [0.717, 1.165) is 5.56 Å². The van der Waals surface area contributed by atoms with Gasteiger partial charge in [0.25, 0.3) is 5.91 Å². The van der Waals surface area contributed by atoms with Crippen LogP contribution in [-0.4, -0.2) is 20.1 Å². The zero-order valence-corrected chi connectivity index (χ0v) is 12.3. The lowest BCUT2D eigenvalue weighted by Gasteiger charge is -2.11. The first-order valence-corrected chi connectivity index (χ1v) is 6.44. The molecule has 0 saturated carbocycles. The van der Waals surface area contributed by atoms with Crippen molar-refractivity contribution in [2.24, 2.45) is 0 Å². The molecule has 0 fully saturated rings. The minimum absolute atomic E-state index is 0.256. The van der Waals surface area contributed by atoms with Crippen molar-refractivity contribution in [1.82, 2.24) is 0 Å². The van der Waals surface area contributed by atoms with Gasteiger partial charge in [-0.2, -0.15) is 0 Å². The number of carbonyl (C=O) groups is 1. The molecule has 0 saturated heterocycles. The number of rotatable bonds is 4. The van der Waals surface area contributed by atoms with E-state index in [1.807, 2.05) is 13.0 Å². The number of carbonyl (C=O) groups excluding carboxylic acids is 1. The number of hydrogen-bond acceptors (Lipinski definition) is 4. The predicted octanol–water partition coefficient (Wildman–Crippen LogP) is 2.85. The largest absolute Gasteiger partial charge is 0.497 e. The molecular formula is C16H18N2O3. The summed E-state index contributed by atoms with van der Waals surface area (Å²) >= 11 is 0. The molecule has 21 heavy (non-hydrogen) atoms. The summed E-state index contributed by atoms with van der Waals surface area (Å²) in [5.41, 5.74) is 8.31. The number of nitrogens with two attached hydrogens (primary N) is 1. The second-order valence-corrected chi connectivity index (χ2v) is 4.59. The normalized spacial score (nSPS) is 10.0. The van der Waals surface area contributed by atoms with Gasteiger partial charge < -0.3 is 20.5 Å². The molecule has 0 aliphatic heterocycles. The fraction of sp³-hybridized carbons (Fsp3) is 0.188. The van der Waals surface area contributed by atoms with Crippen LogP contribution in [0.25, 0.3) is 0 Å². The Morgan fingerprint density at radius 3 is 2.52 bits per heavy atom. The monoisotopic (exact) mass is 286 g/mol. The summed E-state index contributed by atoms with van der Waals surface area (Å²) in [6.07, 6.45) is 0. The highest BCUT2D eigenvalue weighted by atomic mass is 16.5. The van der Waals surface area contributed by atoms with Crippen molar-refractivity contribution in [2.75, 3.05) is 25.3 Å². The van der Waals surface area contributed by atoms with Gasteiger partial charge in [-0.15, -0.1) is 0 Å². The molecule has 0 atom stereocenters. The standard InChI is InChI=1S/C16H18N2O3/c1-10-4-5-11(8-15(10)21-3)16(19)18-14-9-12(20-2)6-7-13(14)17/h4-9H,17H2,1-3H3,(H,18,19). The number of aryl methyl sites for hydroxylation is 1. The topological polar surface area (TPSA) is 73.6 Å². The Hall–Kier alpha value is -2.69. The molecule has 110 valence electrons. The van der Waals surface area contributed by atoms with Crippen LogP contribution in [0.2, 0.25) is 0 Å². The van der Waals surface area contributed by atoms with Crippen molar-refractivity contribution >= 4 is 17.3 Å². The molecule has 0 bridgehead atoms. The first-order chi connectivity index (χ1) is 10.0. The van der Waals surface area contributed by atoms with Gasteiger partial charge >= 0.3 is 0 Å². The summed E-state index contributed by atoms with van der Waals surface area (Å²) in [6, 6.07) is 10.4. The summed E-state index contributed by atoms with van der Waals surface area (Å²) < 4.78 is 10.3. The molecule has 0 aromatic heterocycles. The second kappa shape index (κ2) is 6.17. The molecule has 5 nitrogen and oxygen atoms in total. The maximum absolute atomic E-state index is 12.3. The smallest absolute Gasteiger partial charge is 0.255 e. The van der Waals surface area contributed by atoms with Crippen molar-refractivity contribution in [3.05, 3.63) is 47.5 Å². The van der Waals surface area contributed by atoms with Crippen molar-refractivity contribution in [3.8, 4) is 11.5 Å². The van der Waals surface area contributed by atoms with E-state index in [1.54, 1.807) is 44.6 Å². The maximum atomic E-state index is 12.3. The van der Waals surface area contributed by atoms with Gasteiger partial charge in [-0.3, -0.25) is 4.79 Å². The van der Waals surface area contributed by atoms with Gasteiger partial charge in [-0.05, 0) is 36.8 Å². The molecule has 2 rings (SSSR count). The Morgan fingerprint density at radius 1 is 1.10 bits per heavy atom. The number of anilines is 2. The summed E-state index contributed by atoms with van der Waals surface area (Å²) in [5.74, 6) is 1.04. The fourth-order valence-corrected chi connectivity index (χ4v) is 1.93. The van der Waals surface area contributed by atoms with E-state index in [1.165, 1.54) is 0 Å². The van der Waals surface area contributed by atoms with Gasteiger partial charge in [0.05, 0.1) is 25.6 Å². The molecule has 0 aliphatic carbocycles. The van der Waals surface area contributed by atoms with Crippen LogP contribution in [0.1, 0.15) is 15.9 Å². The minimum atomic E-state index is -0.256. The van der Waals surface area contributed by atoms with Crippen molar-refractivity contribution < 1.29 is 14.3 Å². The van der Waals surface area contributed by atoms with Crippen LogP contribution in [0.3, 0.4) is 0 Å². The molecule has 5 heteroatoms. The van der Waals surface area contributed by atoms with Crippen molar-refractivity contribution in [2.45, 2.75) is 6.92 Å². The Bertz CT molecular complexity index is 669. The average Bonchev–Trinajstić information content (AvgIpc) is 2.49. The molecule has 0 radical (unpaired) electrons.